The molecule has 0 aliphatic carbocycles. The quantitative estimate of drug-likeness (QED) is 0.740. The molecule has 5 nitrogen and oxygen atoms in total. The highest BCUT2D eigenvalue weighted by Gasteiger charge is 2.35. The molecule has 0 unspecified atom stereocenters. The highest BCUT2D eigenvalue weighted by atomic mass is 32.2. The number of carbonyl (C=O) groups is 2. The highest BCUT2D eigenvalue weighted by molar-refractivity contribution is 8.00. The van der Waals surface area contributed by atoms with Crippen LogP contribution in [0.25, 0.3) is 0 Å². The maximum Gasteiger partial charge on any atom is 0.319 e. The van der Waals surface area contributed by atoms with Gasteiger partial charge >= 0.3 is 6.03 Å². The number of piperidine rings is 1. The molecule has 2 heterocycles. The molecule has 2 rings (SSSR count). The molecule has 0 radical (unpaired) electrons. The van der Waals surface area contributed by atoms with Crippen LogP contribution >= 0.6 is 11.8 Å². The maximum absolute atomic E-state index is 12.7. The number of thioether (sulfide) groups is 1. The van der Waals surface area contributed by atoms with Gasteiger partial charge in [0.25, 0.3) is 0 Å². The van der Waals surface area contributed by atoms with Crippen molar-refractivity contribution in [2.75, 3.05) is 39.5 Å². The summed E-state index contributed by atoms with van der Waals surface area (Å²) >= 11 is 1.95. The fraction of sp³-hybridized carbons (Fsp3) is 0.867. The zero-order valence-electron chi connectivity index (χ0n) is 13.5. The van der Waals surface area contributed by atoms with Crippen LogP contribution in [0.1, 0.15) is 26.7 Å². The number of nitrogens with zero attached hydrogens (tertiary/aromatic N) is 3. The lowest BCUT2D eigenvalue weighted by atomic mass is 9.94. The molecule has 6 heteroatoms. The Morgan fingerprint density at radius 1 is 1.10 bits per heavy atom. The van der Waals surface area contributed by atoms with E-state index in [2.05, 4.69) is 18.7 Å². The third-order valence-corrected chi connectivity index (χ3v) is 6.00. The average Bonchev–Trinajstić information content (AvgIpc) is 2.48. The van der Waals surface area contributed by atoms with E-state index < -0.39 is 0 Å². The van der Waals surface area contributed by atoms with Gasteiger partial charge in [0, 0.05) is 56.7 Å². The van der Waals surface area contributed by atoms with Crippen molar-refractivity contribution in [3.8, 4) is 0 Å². The molecule has 0 bridgehead atoms. The Kier molecular flexibility index (Phi) is 5.41. The van der Waals surface area contributed by atoms with Gasteiger partial charge in [0.1, 0.15) is 0 Å². The molecule has 2 aliphatic rings. The first-order chi connectivity index (χ1) is 9.91. The van der Waals surface area contributed by atoms with Crippen molar-refractivity contribution in [1.82, 2.24) is 14.7 Å². The largest absolute Gasteiger partial charge is 0.338 e. The molecule has 0 aromatic rings. The van der Waals surface area contributed by atoms with E-state index in [-0.39, 0.29) is 11.9 Å². The second-order valence-corrected chi connectivity index (χ2v) is 7.77. The standard InChI is InChI=1S/C15H27N3O2S/c1-11-12(2)21-10-9-18(11)14(19)13-5-7-17(8-6-13)15(20)16(3)4/h11-13H,5-10H2,1-4H3/t11-,12+/m0/s1. The predicted molar refractivity (Wildman–Crippen MR) is 86.5 cm³/mol. The van der Waals surface area contributed by atoms with Crippen molar-refractivity contribution >= 4 is 23.7 Å². The number of urea groups is 1. The summed E-state index contributed by atoms with van der Waals surface area (Å²) < 4.78 is 0. The van der Waals surface area contributed by atoms with E-state index in [0.717, 1.165) is 25.1 Å². The molecule has 0 saturated carbocycles. The van der Waals surface area contributed by atoms with Crippen molar-refractivity contribution in [2.45, 2.75) is 38.0 Å². The number of carbonyl (C=O) groups excluding carboxylic acids is 2. The van der Waals surface area contributed by atoms with Crippen LogP contribution < -0.4 is 0 Å². The van der Waals surface area contributed by atoms with E-state index in [9.17, 15) is 9.59 Å². The second kappa shape index (κ2) is 6.90. The van der Waals surface area contributed by atoms with E-state index in [4.69, 9.17) is 0 Å². The van der Waals surface area contributed by atoms with Crippen LogP contribution in [0.5, 0.6) is 0 Å². The van der Waals surface area contributed by atoms with Crippen molar-refractivity contribution in [1.29, 1.82) is 0 Å². The minimum atomic E-state index is 0.0530. The van der Waals surface area contributed by atoms with E-state index >= 15 is 0 Å². The van der Waals surface area contributed by atoms with E-state index in [0.29, 0.717) is 30.3 Å². The molecule has 0 aromatic heterocycles. The number of hydrogen-bond acceptors (Lipinski definition) is 3. The monoisotopic (exact) mass is 313 g/mol. The van der Waals surface area contributed by atoms with Gasteiger partial charge in [0.05, 0.1) is 0 Å². The van der Waals surface area contributed by atoms with Crippen LogP contribution in [-0.4, -0.2) is 77.4 Å². The average molecular weight is 313 g/mol. The maximum atomic E-state index is 12.7. The Bertz CT molecular complexity index is 394. The minimum absolute atomic E-state index is 0.0530. The van der Waals surface area contributed by atoms with Gasteiger partial charge in [-0.2, -0.15) is 11.8 Å². The highest BCUT2D eigenvalue weighted by Crippen LogP contribution is 2.28. The summed E-state index contributed by atoms with van der Waals surface area (Å²) in [7, 11) is 3.54. The molecule has 2 fully saturated rings. The van der Waals surface area contributed by atoms with Crippen LogP contribution in [0, 0.1) is 5.92 Å². The Hall–Kier alpha value is -0.910. The third kappa shape index (κ3) is 3.65. The van der Waals surface area contributed by atoms with E-state index in [1.54, 1.807) is 19.0 Å². The smallest absolute Gasteiger partial charge is 0.319 e. The topological polar surface area (TPSA) is 43.9 Å². The molecule has 2 aliphatic heterocycles. The number of likely N-dealkylation sites (tertiary alicyclic amines) is 1. The zero-order valence-corrected chi connectivity index (χ0v) is 14.4. The van der Waals surface area contributed by atoms with Crippen molar-refractivity contribution in [2.24, 2.45) is 5.92 Å². The molecule has 2 atom stereocenters. The molecule has 0 spiro atoms. The molecular formula is C15H27N3O2S. The molecular weight excluding hydrogens is 286 g/mol. The SMILES string of the molecule is C[C@H]1SCCN(C(=O)C2CCN(C(=O)N(C)C)CC2)[C@H]1C. The Labute approximate surface area is 132 Å². The number of rotatable bonds is 1. The first-order valence-corrected chi connectivity index (χ1v) is 8.85. The molecule has 2 saturated heterocycles. The third-order valence-electron chi connectivity index (χ3n) is 4.66. The van der Waals surface area contributed by atoms with Gasteiger partial charge in [0.2, 0.25) is 5.91 Å². The van der Waals surface area contributed by atoms with Crippen LogP contribution in [-0.2, 0) is 4.79 Å². The van der Waals surface area contributed by atoms with Gasteiger partial charge in [-0.25, -0.2) is 4.79 Å². The summed E-state index contributed by atoms with van der Waals surface area (Å²) in [4.78, 5) is 30.2. The Morgan fingerprint density at radius 2 is 1.71 bits per heavy atom. The zero-order chi connectivity index (χ0) is 15.6. The number of hydrogen-bond donors (Lipinski definition) is 0. The van der Waals surface area contributed by atoms with Gasteiger partial charge in [-0.05, 0) is 19.8 Å². The lowest BCUT2D eigenvalue weighted by Gasteiger charge is -2.41. The molecule has 120 valence electrons. The molecule has 3 amide bonds. The van der Waals surface area contributed by atoms with Crippen LogP contribution in [0.15, 0.2) is 0 Å². The van der Waals surface area contributed by atoms with Gasteiger partial charge in [-0.3, -0.25) is 4.79 Å². The summed E-state index contributed by atoms with van der Waals surface area (Å²) in [5.74, 6) is 1.43. The Morgan fingerprint density at radius 3 is 2.29 bits per heavy atom. The summed E-state index contributed by atoms with van der Waals surface area (Å²) in [6.07, 6.45) is 1.59. The molecule has 0 aromatic carbocycles. The van der Waals surface area contributed by atoms with Gasteiger partial charge in [0.15, 0.2) is 0 Å². The van der Waals surface area contributed by atoms with Crippen LogP contribution in [0.3, 0.4) is 0 Å². The second-order valence-electron chi connectivity index (χ2n) is 6.29. The van der Waals surface area contributed by atoms with Gasteiger partial charge in [-0.15, -0.1) is 0 Å². The minimum Gasteiger partial charge on any atom is -0.338 e. The van der Waals surface area contributed by atoms with Crippen molar-refractivity contribution in [3.05, 3.63) is 0 Å². The van der Waals surface area contributed by atoms with Crippen LogP contribution in [0.2, 0.25) is 0 Å². The van der Waals surface area contributed by atoms with Gasteiger partial charge < -0.3 is 14.7 Å². The molecule has 21 heavy (non-hydrogen) atoms. The van der Waals surface area contributed by atoms with Crippen molar-refractivity contribution in [3.63, 3.8) is 0 Å². The summed E-state index contributed by atoms with van der Waals surface area (Å²) in [5.41, 5.74) is 0. The first-order valence-electron chi connectivity index (χ1n) is 7.80. The fourth-order valence-corrected chi connectivity index (χ4v) is 4.18. The van der Waals surface area contributed by atoms with E-state index in [1.807, 2.05) is 16.7 Å². The normalized spacial score (nSPS) is 27.6. The molecule has 0 N–H and O–H groups in total. The fourth-order valence-electron chi connectivity index (χ4n) is 3.08. The van der Waals surface area contributed by atoms with Crippen LogP contribution in [0.4, 0.5) is 4.79 Å². The summed E-state index contributed by atoms with van der Waals surface area (Å²) in [5, 5.41) is 0.512. The Balaban J connectivity index is 1.90. The lowest BCUT2D eigenvalue weighted by molar-refractivity contribution is -0.138. The van der Waals surface area contributed by atoms with Gasteiger partial charge in [-0.1, -0.05) is 6.92 Å². The summed E-state index contributed by atoms with van der Waals surface area (Å²) in [6.45, 7) is 6.61. The first kappa shape index (κ1) is 16.5. The predicted octanol–water partition coefficient (Wildman–Crippen LogP) is 1.73. The summed E-state index contributed by atoms with van der Waals surface area (Å²) in [6, 6.07) is 0.370. The number of amides is 3. The lowest BCUT2D eigenvalue weighted by Crippen LogP contribution is -2.52. The van der Waals surface area contributed by atoms with Crippen molar-refractivity contribution < 1.29 is 9.59 Å². The van der Waals surface area contributed by atoms with E-state index in [1.165, 1.54) is 0 Å².